The second-order valence-corrected chi connectivity index (χ2v) is 4.99. The van der Waals surface area contributed by atoms with Crippen LogP contribution in [-0.4, -0.2) is 4.98 Å². The molecule has 0 saturated heterocycles. The molecule has 0 radical (unpaired) electrons. The minimum absolute atomic E-state index is 0.180. The quantitative estimate of drug-likeness (QED) is 0.908. The summed E-state index contributed by atoms with van der Waals surface area (Å²) in [7, 11) is 0. The van der Waals surface area contributed by atoms with Crippen molar-refractivity contribution >= 4 is 11.3 Å². The number of hydrogen-bond acceptors (Lipinski definition) is 3. The van der Waals surface area contributed by atoms with Crippen LogP contribution in [0.1, 0.15) is 23.1 Å². The Balaban J connectivity index is 2.45. The average Bonchev–Trinajstić information content (AvgIpc) is 2.75. The maximum atomic E-state index is 13.2. The molecule has 0 saturated carbocycles. The van der Waals surface area contributed by atoms with Gasteiger partial charge in [0, 0.05) is 17.0 Å². The number of aromatic nitrogens is 1. The molecule has 0 atom stereocenters. The summed E-state index contributed by atoms with van der Waals surface area (Å²) in [4.78, 5) is 5.67. The fourth-order valence-corrected chi connectivity index (χ4v) is 2.75. The lowest BCUT2D eigenvalue weighted by molar-refractivity contribution is 0.619. The summed E-state index contributed by atoms with van der Waals surface area (Å²) in [5, 5.41) is 0.922. The molecule has 17 heavy (non-hydrogen) atoms. The molecule has 2 rings (SSSR count). The third-order valence-corrected chi connectivity index (χ3v) is 3.87. The van der Waals surface area contributed by atoms with Crippen LogP contribution in [0.4, 0.5) is 4.39 Å². The van der Waals surface area contributed by atoms with Gasteiger partial charge < -0.3 is 5.73 Å². The summed E-state index contributed by atoms with van der Waals surface area (Å²) in [6.07, 6.45) is 0.878. The van der Waals surface area contributed by atoms with Gasteiger partial charge in [0.1, 0.15) is 10.8 Å². The molecule has 0 spiro atoms. The highest BCUT2D eigenvalue weighted by Crippen LogP contribution is 2.29. The van der Waals surface area contributed by atoms with Gasteiger partial charge in [-0.05, 0) is 37.1 Å². The highest BCUT2D eigenvalue weighted by atomic mass is 32.1. The molecule has 0 bridgehead atoms. The maximum absolute atomic E-state index is 13.2. The lowest BCUT2D eigenvalue weighted by Gasteiger charge is -1.99. The van der Waals surface area contributed by atoms with Gasteiger partial charge in [-0.25, -0.2) is 9.37 Å². The molecular formula is C13H15FN2S. The Kier molecular flexibility index (Phi) is 3.54. The standard InChI is InChI=1S/C13H15FN2S/c1-3-11-12(7-15)17-13(16-11)9-4-5-10(14)8(2)6-9/h4-6H,3,7,15H2,1-2H3. The van der Waals surface area contributed by atoms with Crippen molar-refractivity contribution in [2.75, 3.05) is 0 Å². The minimum atomic E-state index is -0.180. The van der Waals surface area contributed by atoms with E-state index in [9.17, 15) is 4.39 Å². The molecule has 0 aliphatic carbocycles. The van der Waals surface area contributed by atoms with Gasteiger partial charge in [-0.3, -0.25) is 0 Å². The first-order chi connectivity index (χ1) is 8.15. The molecule has 90 valence electrons. The monoisotopic (exact) mass is 250 g/mol. The predicted octanol–water partition coefficient (Wildman–Crippen LogP) is 3.28. The van der Waals surface area contributed by atoms with E-state index in [1.54, 1.807) is 24.3 Å². The maximum Gasteiger partial charge on any atom is 0.126 e. The molecule has 0 aliphatic rings. The normalized spacial score (nSPS) is 10.8. The summed E-state index contributed by atoms with van der Waals surface area (Å²) in [5.74, 6) is -0.180. The van der Waals surface area contributed by atoms with E-state index in [0.29, 0.717) is 12.1 Å². The Morgan fingerprint density at radius 2 is 2.18 bits per heavy atom. The third kappa shape index (κ3) is 2.37. The zero-order valence-electron chi connectivity index (χ0n) is 9.96. The van der Waals surface area contributed by atoms with E-state index < -0.39 is 0 Å². The van der Waals surface area contributed by atoms with Crippen LogP contribution >= 0.6 is 11.3 Å². The fraction of sp³-hybridized carbons (Fsp3) is 0.308. The molecule has 0 unspecified atom stereocenters. The molecule has 0 aliphatic heterocycles. The Morgan fingerprint density at radius 3 is 2.71 bits per heavy atom. The van der Waals surface area contributed by atoms with Gasteiger partial charge in [-0.15, -0.1) is 11.3 Å². The predicted molar refractivity (Wildman–Crippen MR) is 69.5 cm³/mol. The number of hydrogen-bond donors (Lipinski definition) is 1. The summed E-state index contributed by atoms with van der Waals surface area (Å²) >= 11 is 1.59. The lowest BCUT2D eigenvalue weighted by atomic mass is 10.1. The van der Waals surface area contributed by atoms with E-state index in [2.05, 4.69) is 11.9 Å². The average molecular weight is 250 g/mol. The third-order valence-electron chi connectivity index (χ3n) is 2.70. The molecule has 2 nitrogen and oxygen atoms in total. The highest BCUT2D eigenvalue weighted by Gasteiger charge is 2.10. The van der Waals surface area contributed by atoms with Crippen molar-refractivity contribution in [1.82, 2.24) is 4.98 Å². The van der Waals surface area contributed by atoms with Crippen LogP contribution in [0, 0.1) is 12.7 Å². The number of rotatable bonds is 3. The van der Waals surface area contributed by atoms with Crippen molar-refractivity contribution in [1.29, 1.82) is 0 Å². The molecule has 1 aromatic carbocycles. The van der Waals surface area contributed by atoms with Crippen molar-refractivity contribution in [3.05, 3.63) is 40.2 Å². The summed E-state index contributed by atoms with van der Waals surface area (Å²) < 4.78 is 13.2. The molecule has 1 heterocycles. The van der Waals surface area contributed by atoms with Gasteiger partial charge in [0.15, 0.2) is 0 Å². The molecule has 4 heteroatoms. The first-order valence-electron chi connectivity index (χ1n) is 5.60. The SMILES string of the molecule is CCc1nc(-c2ccc(F)c(C)c2)sc1CN. The van der Waals surface area contributed by atoms with Gasteiger partial charge >= 0.3 is 0 Å². The van der Waals surface area contributed by atoms with Crippen molar-refractivity contribution in [3.8, 4) is 10.6 Å². The van der Waals surface area contributed by atoms with E-state index in [0.717, 1.165) is 27.6 Å². The van der Waals surface area contributed by atoms with Crippen LogP contribution in [0.3, 0.4) is 0 Å². The number of nitrogens with two attached hydrogens (primary N) is 1. The summed E-state index contributed by atoms with van der Waals surface area (Å²) in [6, 6.07) is 5.08. The van der Waals surface area contributed by atoms with Crippen molar-refractivity contribution in [3.63, 3.8) is 0 Å². The van der Waals surface area contributed by atoms with E-state index >= 15 is 0 Å². The molecule has 2 aromatic rings. The van der Waals surface area contributed by atoms with E-state index in [-0.39, 0.29) is 5.82 Å². The largest absolute Gasteiger partial charge is 0.326 e. The van der Waals surface area contributed by atoms with Gasteiger partial charge in [0.2, 0.25) is 0 Å². The zero-order chi connectivity index (χ0) is 12.4. The Bertz CT molecular complexity index is 513. The van der Waals surface area contributed by atoms with Crippen molar-refractivity contribution < 1.29 is 4.39 Å². The number of aryl methyl sites for hydroxylation is 2. The second kappa shape index (κ2) is 4.94. The van der Waals surface area contributed by atoms with Crippen LogP contribution in [0.25, 0.3) is 10.6 Å². The first-order valence-corrected chi connectivity index (χ1v) is 6.42. The van der Waals surface area contributed by atoms with Crippen LogP contribution in [0.5, 0.6) is 0 Å². The fourth-order valence-electron chi connectivity index (χ4n) is 1.72. The summed E-state index contributed by atoms with van der Waals surface area (Å²) in [6.45, 7) is 4.34. The van der Waals surface area contributed by atoms with Gasteiger partial charge in [0.25, 0.3) is 0 Å². The molecule has 2 N–H and O–H groups in total. The number of thiazole rings is 1. The lowest BCUT2D eigenvalue weighted by Crippen LogP contribution is -1.96. The Labute approximate surface area is 104 Å². The van der Waals surface area contributed by atoms with Gasteiger partial charge in [-0.2, -0.15) is 0 Å². The molecular weight excluding hydrogens is 235 g/mol. The minimum Gasteiger partial charge on any atom is -0.326 e. The molecule has 1 aromatic heterocycles. The number of benzene rings is 1. The highest BCUT2D eigenvalue weighted by molar-refractivity contribution is 7.15. The topological polar surface area (TPSA) is 38.9 Å². The number of halogens is 1. The smallest absolute Gasteiger partial charge is 0.126 e. The van der Waals surface area contributed by atoms with Crippen molar-refractivity contribution in [2.45, 2.75) is 26.8 Å². The van der Waals surface area contributed by atoms with Crippen molar-refractivity contribution in [2.24, 2.45) is 5.73 Å². The van der Waals surface area contributed by atoms with E-state index in [1.165, 1.54) is 6.07 Å². The van der Waals surface area contributed by atoms with Crippen LogP contribution in [0.15, 0.2) is 18.2 Å². The van der Waals surface area contributed by atoms with E-state index in [4.69, 9.17) is 5.73 Å². The van der Waals surface area contributed by atoms with Crippen LogP contribution in [0.2, 0.25) is 0 Å². The summed E-state index contributed by atoms with van der Waals surface area (Å²) in [5.41, 5.74) is 8.34. The van der Waals surface area contributed by atoms with Gasteiger partial charge in [0.05, 0.1) is 5.69 Å². The van der Waals surface area contributed by atoms with Crippen LogP contribution < -0.4 is 5.73 Å². The van der Waals surface area contributed by atoms with E-state index in [1.807, 2.05) is 6.07 Å². The first kappa shape index (κ1) is 12.2. The molecule has 0 fully saturated rings. The van der Waals surface area contributed by atoms with Gasteiger partial charge in [-0.1, -0.05) is 6.92 Å². The number of nitrogens with zero attached hydrogens (tertiary/aromatic N) is 1. The molecule has 0 amide bonds. The Hall–Kier alpha value is -1.26. The second-order valence-electron chi connectivity index (χ2n) is 3.91. The van der Waals surface area contributed by atoms with Crippen LogP contribution in [-0.2, 0) is 13.0 Å². The Morgan fingerprint density at radius 1 is 1.41 bits per heavy atom. The zero-order valence-corrected chi connectivity index (χ0v) is 10.8.